The van der Waals surface area contributed by atoms with E-state index in [0.717, 1.165) is 18.8 Å². The van der Waals surface area contributed by atoms with Gasteiger partial charge >= 0.3 is 0 Å². The minimum atomic E-state index is -0.316. The first kappa shape index (κ1) is 25.0. The van der Waals surface area contributed by atoms with Crippen molar-refractivity contribution in [2.24, 2.45) is 5.10 Å². The number of ketones is 1. The first-order valence-corrected chi connectivity index (χ1v) is 12.3. The van der Waals surface area contributed by atoms with Crippen LogP contribution in [0.15, 0.2) is 71.8 Å². The third-order valence-corrected chi connectivity index (χ3v) is 5.96. The lowest BCUT2D eigenvalue weighted by Gasteiger charge is -2.17. The Morgan fingerprint density at radius 1 is 0.889 bits per heavy atom. The van der Waals surface area contributed by atoms with Crippen molar-refractivity contribution in [3.63, 3.8) is 0 Å². The number of hydrogen-bond donors (Lipinski definition) is 1. The molecule has 4 rings (SSSR count). The van der Waals surface area contributed by atoms with Crippen molar-refractivity contribution in [1.82, 2.24) is 5.43 Å². The Bertz CT molecular complexity index is 1220. The van der Waals surface area contributed by atoms with Crippen molar-refractivity contribution < 1.29 is 19.1 Å². The molecule has 0 saturated carbocycles. The number of amides is 1. The number of nitrogens with zero attached hydrogens (tertiary/aromatic N) is 2. The number of hydrazone groups is 1. The Hall–Kier alpha value is -4.13. The molecule has 0 bridgehead atoms. The predicted molar refractivity (Wildman–Crippen MR) is 142 cm³/mol. The Balaban J connectivity index is 1.54. The standard InChI is InChI=1S/C29H31N3O4/c1-3-35-26-19-27(36-4-2)25(28(33)21-10-6-5-7-11-21)18-23(26)20-30-31-29(34)22-12-14-24(15-13-22)32-16-8-9-17-32/h5-7,10-15,18-20H,3-4,8-9,16-17H2,1-2H3,(H,31,34)/b30-20-. The van der Waals surface area contributed by atoms with Gasteiger partial charge in [-0.25, -0.2) is 5.43 Å². The summed E-state index contributed by atoms with van der Waals surface area (Å²) in [6.07, 6.45) is 3.88. The number of anilines is 1. The van der Waals surface area contributed by atoms with Crippen LogP contribution in [0, 0.1) is 0 Å². The molecule has 0 radical (unpaired) electrons. The molecule has 36 heavy (non-hydrogen) atoms. The Morgan fingerprint density at radius 2 is 1.56 bits per heavy atom. The van der Waals surface area contributed by atoms with Gasteiger partial charge < -0.3 is 14.4 Å². The Morgan fingerprint density at radius 3 is 2.22 bits per heavy atom. The van der Waals surface area contributed by atoms with E-state index in [0.29, 0.717) is 47.0 Å². The van der Waals surface area contributed by atoms with Gasteiger partial charge in [0.15, 0.2) is 5.78 Å². The van der Waals surface area contributed by atoms with Crippen LogP contribution in [-0.2, 0) is 0 Å². The second-order valence-electron chi connectivity index (χ2n) is 8.39. The molecular weight excluding hydrogens is 454 g/mol. The largest absolute Gasteiger partial charge is 0.493 e. The van der Waals surface area contributed by atoms with E-state index in [1.54, 1.807) is 36.4 Å². The maximum absolute atomic E-state index is 13.2. The molecule has 1 amide bonds. The smallest absolute Gasteiger partial charge is 0.271 e. The molecule has 0 atom stereocenters. The zero-order valence-electron chi connectivity index (χ0n) is 20.7. The van der Waals surface area contributed by atoms with Crippen LogP contribution in [-0.4, -0.2) is 44.2 Å². The van der Waals surface area contributed by atoms with Gasteiger partial charge in [-0.1, -0.05) is 30.3 Å². The molecule has 1 heterocycles. The second kappa shape index (κ2) is 12.0. The topological polar surface area (TPSA) is 80.2 Å². The number of ether oxygens (including phenoxy) is 2. The maximum atomic E-state index is 13.2. The molecule has 7 heteroatoms. The molecule has 1 aliphatic rings. The highest BCUT2D eigenvalue weighted by molar-refractivity contribution is 6.11. The normalized spacial score (nSPS) is 13.1. The van der Waals surface area contributed by atoms with Crippen molar-refractivity contribution in [1.29, 1.82) is 0 Å². The summed E-state index contributed by atoms with van der Waals surface area (Å²) in [5.74, 6) is 0.468. The van der Waals surface area contributed by atoms with Crippen molar-refractivity contribution in [3.8, 4) is 11.5 Å². The number of carbonyl (C=O) groups is 2. The van der Waals surface area contributed by atoms with Gasteiger partial charge in [-0.05, 0) is 57.0 Å². The number of carbonyl (C=O) groups excluding carboxylic acids is 2. The van der Waals surface area contributed by atoms with E-state index < -0.39 is 0 Å². The first-order valence-electron chi connectivity index (χ1n) is 12.3. The van der Waals surface area contributed by atoms with Crippen molar-refractivity contribution in [2.45, 2.75) is 26.7 Å². The highest BCUT2D eigenvalue weighted by Gasteiger charge is 2.19. The third-order valence-electron chi connectivity index (χ3n) is 5.96. The zero-order chi connectivity index (χ0) is 25.3. The van der Waals surface area contributed by atoms with Gasteiger partial charge in [0.1, 0.15) is 11.5 Å². The summed E-state index contributed by atoms with van der Waals surface area (Å²) < 4.78 is 11.5. The van der Waals surface area contributed by atoms with Crippen molar-refractivity contribution in [3.05, 3.63) is 89.0 Å². The fourth-order valence-electron chi connectivity index (χ4n) is 4.18. The summed E-state index contributed by atoms with van der Waals surface area (Å²) >= 11 is 0. The van der Waals surface area contributed by atoms with Gasteiger partial charge in [0.25, 0.3) is 5.91 Å². The van der Waals surface area contributed by atoms with Crippen LogP contribution in [0.1, 0.15) is 58.5 Å². The SMILES string of the molecule is CCOc1cc(OCC)c(C(=O)c2ccccc2)cc1/C=N\NC(=O)c1ccc(N2CCCC2)cc1. The summed E-state index contributed by atoms with van der Waals surface area (Å²) in [6.45, 7) is 6.66. The van der Waals surface area contributed by atoms with Crippen LogP contribution >= 0.6 is 0 Å². The van der Waals surface area contributed by atoms with Gasteiger partial charge in [-0.15, -0.1) is 0 Å². The zero-order valence-corrected chi connectivity index (χ0v) is 20.7. The van der Waals surface area contributed by atoms with Crippen LogP contribution in [0.4, 0.5) is 5.69 Å². The summed E-state index contributed by atoms with van der Waals surface area (Å²) in [5.41, 5.74) is 5.73. The molecule has 0 aliphatic carbocycles. The van der Waals surface area contributed by atoms with E-state index in [2.05, 4.69) is 15.4 Å². The highest BCUT2D eigenvalue weighted by Crippen LogP contribution is 2.30. The fourth-order valence-corrected chi connectivity index (χ4v) is 4.18. The molecule has 1 fully saturated rings. The average Bonchev–Trinajstić information content (AvgIpc) is 3.45. The lowest BCUT2D eigenvalue weighted by molar-refractivity contribution is 0.0954. The minimum absolute atomic E-state index is 0.168. The number of hydrogen-bond acceptors (Lipinski definition) is 6. The van der Waals surface area contributed by atoms with Gasteiger partial charge in [-0.3, -0.25) is 9.59 Å². The van der Waals surface area contributed by atoms with Gasteiger partial charge in [0.05, 0.1) is 25.0 Å². The summed E-state index contributed by atoms with van der Waals surface area (Å²) in [4.78, 5) is 28.2. The second-order valence-corrected chi connectivity index (χ2v) is 8.39. The minimum Gasteiger partial charge on any atom is -0.493 e. The maximum Gasteiger partial charge on any atom is 0.271 e. The van der Waals surface area contributed by atoms with Gasteiger partial charge in [0.2, 0.25) is 0 Å². The molecule has 0 unspecified atom stereocenters. The third kappa shape index (κ3) is 5.92. The lowest BCUT2D eigenvalue weighted by Crippen LogP contribution is -2.19. The summed E-state index contributed by atoms with van der Waals surface area (Å²) in [6, 6.07) is 19.9. The van der Waals surface area contributed by atoms with Gasteiger partial charge in [-0.2, -0.15) is 5.10 Å². The number of nitrogens with one attached hydrogen (secondary N) is 1. The molecule has 0 aromatic heterocycles. The molecule has 0 spiro atoms. The summed E-state index contributed by atoms with van der Waals surface area (Å²) in [5, 5.41) is 4.14. The molecular formula is C29H31N3O4. The Kier molecular flexibility index (Phi) is 8.34. The van der Waals surface area contributed by atoms with E-state index in [9.17, 15) is 9.59 Å². The van der Waals surface area contributed by atoms with Crippen molar-refractivity contribution in [2.75, 3.05) is 31.2 Å². The van der Waals surface area contributed by atoms with Gasteiger partial charge in [0, 0.05) is 41.5 Å². The fraction of sp³-hybridized carbons (Fsp3) is 0.276. The van der Waals surface area contributed by atoms with E-state index >= 15 is 0 Å². The molecule has 1 saturated heterocycles. The first-order chi connectivity index (χ1) is 17.6. The Labute approximate surface area is 211 Å². The average molecular weight is 486 g/mol. The van der Waals surface area contributed by atoms with Crippen LogP contribution in [0.5, 0.6) is 11.5 Å². The van der Waals surface area contributed by atoms with Crippen LogP contribution in [0.2, 0.25) is 0 Å². The molecule has 1 N–H and O–H groups in total. The molecule has 1 aliphatic heterocycles. The summed E-state index contributed by atoms with van der Waals surface area (Å²) in [7, 11) is 0. The van der Waals surface area contributed by atoms with E-state index in [1.807, 2.05) is 44.2 Å². The quantitative estimate of drug-likeness (QED) is 0.246. The van der Waals surface area contributed by atoms with Crippen LogP contribution < -0.4 is 19.8 Å². The van der Waals surface area contributed by atoms with E-state index in [4.69, 9.17) is 9.47 Å². The van der Waals surface area contributed by atoms with E-state index in [-0.39, 0.29) is 11.7 Å². The van der Waals surface area contributed by atoms with Crippen molar-refractivity contribution >= 4 is 23.6 Å². The van der Waals surface area contributed by atoms with E-state index in [1.165, 1.54) is 19.1 Å². The molecule has 3 aromatic carbocycles. The number of rotatable bonds is 10. The number of benzene rings is 3. The van der Waals surface area contributed by atoms with Crippen LogP contribution in [0.25, 0.3) is 0 Å². The van der Waals surface area contributed by atoms with Crippen LogP contribution in [0.3, 0.4) is 0 Å². The lowest BCUT2D eigenvalue weighted by atomic mass is 10.00. The molecule has 3 aromatic rings. The monoisotopic (exact) mass is 485 g/mol. The molecule has 7 nitrogen and oxygen atoms in total. The molecule has 186 valence electrons. The highest BCUT2D eigenvalue weighted by atomic mass is 16.5. The predicted octanol–water partition coefficient (Wildman–Crippen LogP) is 5.08.